The van der Waals surface area contributed by atoms with Crippen molar-refractivity contribution in [2.24, 2.45) is 0 Å². The predicted octanol–water partition coefficient (Wildman–Crippen LogP) is 3.66. The summed E-state index contributed by atoms with van der Waals surface area (Å²) in [7, 11) is 0. The lowest BCUT2D eigenvalue weighted by Crippen LogP contribution is -2.11. The molecular weight excluding hydrogens is 288 g/mol. The third-order valence-corrected chi connectivity index (χ3v) is 3.26. The molecule has 0 aliphatic carbocycles. The molecule has 5 nitrogen and oxygen atoms in total. The average Bonchev–Trinajstić information content (AvgIpc) is 2.47. The van der Waals surface area contributed by atoms with E-state index in [2.05, 4.69) is 51.5 Å². The van der Waals surface area contributed by atoms with Crippen molar-refractivity contribution in [3.8, 4) is 6.01 Å². The van der Waals surface area contributed by atoms with Crippen LogP contribution in [0.15, 0.2) is 24.3 Å². The number of aromatic nitrogens is 3. The predicted molar refractivity (Wildman–Crippen MR) is 83.9 cm³/mol. The Morgan fingerprint density at radius 3 is 2.48 bits per heavy atom. The van der Waals surface area contributed by atoms with Crippen molar-refractivity contribution in [3.63, 3.8) is 0 Å². The Bertz CT molecular complexity index is 589. The molecule has 0 saturated heterocycles. The number of nitrogens with zero attached hydrogens (tertiary/aromatic N) is 3. The summed E-state index contributed by atoms with van der Waals surface area (Å²) in [5, 5.41) is 3.32. The summed E-state index contributed by atoms with van der Waals surface area (Å²) in [5.74, 6) is 0.408. The molecule has 0 aliphatic heterocycles. The van der Waals surface area contributed by atoms with Crippen molar-refractivity contribution in [1.82, 2.24) is 15.0 Å². The van der Waals surface area contributed by atoms with Crippen LogP contribution in [0, 0.1) is 0 Å². The molecule has 0 aliphatic rings. The molecule has 0 spiro atoms. The van der Waals surface area contributed by atoms with Crippen LogP contribution in [0.5, 0.6) is 6.01 Å². The Morgan fingerprint density at radius 1 is 1.14 bits per heavy atom. The molecule has 2 aromatic rings. The minimum Gasteiger partial charge on any atom is -0.464 e. The average molecular weight is 307 g/mol. The van der Waals surface area contributed by atoms with Gasteiger partial charge in [0, 0.05) is 0 Å². The Hall–Kier alpha value is -1.88. The van der Waals surface area contributed by atoms with Crippen LogP contribution < -0.4 is 10.1 Å². The SMILES string of the molecule is CCOc1nc(Cl)nc(NC(C)c2ccc(CC)cc2)n1. The Labute approximate surface area is 129 Å². The third-order valence-electron chi connectivity index (χ3n) is 3.09. The molecule has 0 amide bonds. The number of hydrogen-bond acceptors (Lipinski definition) is 5. The minimum atomic E-state index is 0.0591. The molecule has 0 radical (unpaired) electrons. The second-order valence-corrected chi connectivity index (χ2v) is 4.94. The highest BCUT2D eigenvalue weighted by Gasteiger charge is 2.10. The summed E-state index contributed by atoms with van der Waals surface area (Å²) in [6, 6.07) is 8.74. The lowest BCUT2D eigenvalue weighted by Gasteiger charge is -2.15. The second-order valence-electron chi connectivity index (χ2n) is 4.60. The first-order valence-corrected chi connectivity index (χ1v) is 7.40. The molecule has 1 aromatic heterocycles. The van der Waals surface area contributed by atoms with E-state index in [0.717, 1.165) is 12.0 Å². The van der Waals surface area contributed by atoms with E-state index in [1.165, 1.54) is 5.56 Å². The number of anilines is 1. The lowest BCUT2D eigenvalue weighted by molar-refractivity contribution is 0.312. The number of halogens is 1. The molecule has 112 valence electrons. The van der Waals surface area contributed by atoms with Gasteiger partial charge in [-0.1, -0.05) is 31.2 Å². The van der Waals surface area contributed by atoms with Gasteiger partial charge in [0.15, 0.2) is 0 Å². The van der Waals surface area contributed by atoms with E-state index < -0.39 is 0 Å². The van der Waals surface area contributed by atoms with Gasteiger partial charge < -0.3 is 10.1 Å². The van der Waals surface area contributed by atoms with Gasteiger partial charge in [0.25, 0.3) is 0 Å². The van der Waals surface area contributed by atoms with Crippen molar-refractivity contribution in [1.29, 1.82) is 0 Å². The van der Waals surface area contributed by atoms with Gasteiger partial charge in [0.05, 0.1) is 12.6 Å². The highest BCUT2D eigenvalue weighted by Crippen LogP contribution is 2.19. The first-order chi connectivity index (χ1) is 10.1. The van der Waals surface area contributed by atoms with Crippen LogP contribution >= 0.6 is 11.6 Å². The monoisotopic (exact) mass is 306 g/mol. The molecule has 1 unspecified atom stereocenters. The van der Waals surface area contributed by atoms with Crippen LogP contribution in [-0.2, 0) is 6.42 Å². The molecule has 1 aromatic carbocycles. The summed E-state index contributed by atoms with van der Waals surface area (Å²) < 4.78 is 5.26. The standard InChI is InChI=1S/C15H19ClN4O/c1-4-11-6-8-12(9-7-11)10(3)17-14-18-13(16)19-15(20-14)21-5-2/h6-10H,4-5H2,1-3H3,(H,17,18,19,20). The number of ether oxygens (including phenoxy) is 1. The maximum atomic E-state index is 5.87. The zero-order valence-electron chi connectivity index (χ0n) is 12.4. The summed E-state index contributed by atoms with van der Waals surface area (Å²) in [6.07, 6.45) is 1.03. The van der Waals surface area contributed by atoms with Gasteiger partial charge in [0.2, 0.25) is 11.2 Å². The van der Waals surface area contributed by atoms with Gasteiger partial charge >= 0.3 is 6.01 Å². The molecule has 6 heteroatoms. The minimum absolute atomic E-state index is 0.0591. The summed E-state index contributed by atoms with van der Waals surface area (Å²) in [5.41, 5.74) is 2.47. The summed E-state index contributed by atoms with van der Waals surface area (Å²) in [4.78, 5) is 12.2. The molecule has 1 atom stereocenters. The van der Waals surface area contributed by atoms with Gasteiger partial charge in [0.1, 0.15) is 0 Å². The van der Waals surface area contributed by atoms with Gasteiger partial charge in [-0.15, -0.1) is 0 Å². The second kappa shape index (κ2) is 7.22. The van der Waals surface area contributed by atoms with E-state index >= 15 is 0 Å². The Balaban J connectivity index is 2.12. The van der Waals surface area contributed by atoms with E-state index in [4.69, 9.17) is 16.3 Å². The third kappa shape index (κ3) is 4.29. The lowest BCUT2D eigenvalue weighted by atomic mass is 10.1. The largest absolute Gasteiger partial charge is 0.464 e. The first kappa shape index (κ1) is 15.5. The first-order valence-electron chi connectivity index (χ1n) is 7.02. The van der Waals surface area contributed by atoms with Gasteiger partial charge in [-0.05, 0) is 43.0 Å². The van der Waals surface area contributed by atoms with Crippen LogP contribution in [-0.4, -0.2) is 21.6 Å². The molecule has 0 bridgehead atoms. The van der Waals surface area contributed by atoms with E-state index in [1.54, 1.807) is 0 Å². The van der Waals surface area contributed by atoms with E-state index in [-0.39, 0.29) is 17.3 Å². The summed E-state index contributed by atoms with van der Waals surface area (Å²) >= 11 is 5.87. The van der Waals surface area contributed by atoms with Crippen LogP contribution in [0.4, 0.5) is 5.95 Å². The normalized spacial score (nSPS) is 12.0. The molecule has 2 rings (SSSR count). The fraction of sp³-hybridized carbons (Fsp3) is 0.400. The summed E-state index contributed by atoms with van der Waals surface area (Å²) in [6.45, 7) is 6.52. The smallest absolute Gasteiger partial charge is 0.322 e. The van der Waals surface area contributed by atoms with Crippen LogP contribution in [0.2, 0.25) is 5.28 Å². The molecule has 0 fully saturated rings. The van der Waals surface area contributed by atoms with E-state index in [0.29, 0.717) is 12.6 Å². The fourth-order valence-corrected chi connectivity index (χ4v) is 2.06. The Kier molecular flexibility index (Phi) is 5.33. The molecular formula is C15H19ClN4O. The molecule has 1 N–H and O–H groups in total. The van der Waals surface area contributed by atoms with Gasteiger partial charge in [-0.25, -0.2) is 0 Å². The molecule has 1 heterocycles. The Morgan fingerprint density at radius 2 is 1.86 bits per heavy atom. The number of aryl methyl sites for hydroxylation is 1. The number of hydrogen-bond donors (Lipinski definition) is 1. The maximum Gasteiger partial charge on any atom is 0.322 e. The molecule has 0 saturated carbocycles. The number of rotatable bonds is 6. The van der Waals surface area contributed by atoms with Crippen LogP contribution in [0.25, 0.3) is 0 Å². The van der Waals surface area contributed by atoms with Crippen LogP contribution in [0.3, 0.4) is 0 Å². The number of benzene rings is 1. The van der Waals surface area contributed by atoms with Crippen molar-refractivity contribution in [3.05, 3.63) is 40.7 Å². The zero-order valence-corrected chi connectivity index (χ0v) is 13.2. The molecule has 21 heavy (non-hydrogen) atoms. The van der Waals surface area contributed by atoms with E-state index in [1.807, 2.05) is 13.8 Å². The highest BCUT2D eigenvalue weighted by molar-refractivity contribution is 6.28. The van der Waals surface area contributed by atoms with Gasteiger partial charge in [-0.3, -0.25) is 0 Å². The zero-order chi connectivity index (χ0) is 15.2. The van der Waals surface area contributed by atoms with Crippen LogP contribution in [0.1, 0.15) is 37.9 Å². The quantitative estimate of drug-likeness (QED) is 0.882. The van der Waals surface area contributed by atoms with E-state index in [9.17, 15) is 0 Å². The van der Waals surface area contributed by atoms with Gasteiger partial charge in [-0.2, -0.15) is 15.0 Å². The van der Waals surface area contributed by atoms with Crippen molar-refractivity contribution in [2.45, 2.75) is 33.2 Å². The highest BCUT2D eigenvalue weighted by atomic mass is 35.5. The van der Waals surface area contributed by atoms with Crippen molar-refractivity contribution in [2.75, 3.05) is 11.9 Å². The number of nitrogens with one attached hydrogen (secondary N) is 1. The fourth-order valence-electron chi connectivity index (χ4n) is 1.91. The van der Waals surface area contributed by atoms with Crippen molar-refractivity contribution >= 4 is 17.5 Å². The van der Waals surface area contributed by atoms with Crippen molar-refractivity contribution < 1.29 is 4.74 Å². The topological polar surface area (TPSA) is 59.9 Å². The maximum absolute atomic E-state index is 5.87.